The zero-order valence-electron chi connectivity index (χ0n) is 13.9. The second kappa shape index (κ2) is 8.11. The molecule has 1 aliphatic carbocycles. The smallest absolute Gasteiger partial charge is 0.224 e. The van der Waals surface area contributed by atoms with Gasteiger partial charge >= 0.3 is 0 Å². The van der Waals surface area contributed by atoms with Crippen LogP contribution in [0.5, 0.6) is 0 Å². The molecule has 0 aromatic heterocycles. The minimum atomic E-state index is 0.0267. The number of nitrogens with one attached hydrogen (secondary N) is 1. The van der Waals surface area contributed by atoms with Crippen LogP contribution in [-0.2, 0) is 11.4 Å². The Kier molecular flexibility index (Phi) is 5.65. The molecule has 1 aliphatic rings. The van der Waals surface area contributed by atoms with Crippen molar-refractivity contribution in [1.29, 1.82) is 0 Å². The first kappa shape index (κ1) is 16.7. The van der Waals surface area contributed by atoms with E-state index in [2.05, 4.69) is 35.6 Å². The Morgan fingerprint density at radius 2 is 1.62 bits per heavy atom. The normalized spacial score (nSPS) is 20.5. The molecular formula is C21H25NO2. The van der Waals surface area contributed by atoms with Crippen LogP contribution < -0.4 is 5.32 Å². The van der Waals surface area contributed by atoms with Gasteiger partial charge < -0.3 is 10.4 Å². The molecule has 0 atom stereocenters. The maximum atomic E-state index is 12.2. The fourth-order valence-corrected chi connectivity index (χ4v) is 3.59. The van der Waals surface area contributed by atoms with Crippen molar-refractivity contribution in [3.8, 4) is 0 Å². The first-order valence-electron chi connectivity index (χ1n) is 8.79. The van der Waals surface area contributed by atoms with Gasteiger partial charge in [0.1, 0.15) is 0 Å². The number of carbonyl (C=O) groups excluding carboxylic acids is 1. The van der Waals surface area contributed by atoms with Crippen molar-refractivity contribution >= 4 is 11.6 Å². The van der Waals surface area contributed by atoms with Crippen molar-refractivity contribution in [3.63, 3.8) is 0 Å². The quantitative estimate of drug-likeness (QED) is 0.852. The van der Waals surface area contributed by atoms with E-state index in [1.54, 1.807) is 0 Å². The third-order valence-electron chi connectivity index (χ3n) is 5.01. The summed E-state index contributed by atoms with van der Waals surface area (Å²) in [6, 6.07) is 18.1. The minimum Gasteiger partial charge on any atom is -0.392 e. The molecule has 0 heterocycles. The van der Waals surface area contributed by atoms with Crippen LogP contribution in [0.4, 0.5) is 5.69 Å². The summed E-state index contributed by atoms with van der Waals surface area (Å²) >= 11 is 0. The maximum absolute atomic E-state index is 12.2. The Bertz CT molecular complexity index is 643. The minimum absolute atomic E-state index is 0.0267. The molecule has 0 bridgehead atoms. The molecule has 0 radical (unpaired) electrons. The summed E-state index contributed by atoms with van der Waals surface area (Å²) in [5, 5.41) is 12.0. The number of aliphatic hydroxyl groups is 1. The van der Waals surface area contributed by atoms with E-state index >= 15 is 0 Å². The SMILES string of the molecule is O=C(CC1CCC(c2ccccc2)CC1)Nc1ccc(CO)cc1. The Morgan fingerprint density at radius 1 is 0.958 bits per heavy atom. The fraction of sp³-hybridized carbons (Fsp3) is 0.381. The van der Waals surface area contributed by atoms with E-state index in [-0.39, 0.29) is 12.5 Å². The topological polar surface area (TPSA) is 49.3 Å². The van der Waals surface area contributed by atoms with Crippen molar-refractivity contribution in [3.05, 3.63) is 65.7 Å². The Labute approximate surface area is 143 Å². The lowest BCUT2D eigenvalue weighted by Gasteiger charge is -2.28. The molecule has 24 heavy (non-hydrogen) atoms. The molecule has 0 saturated heterocycles. The molecule has 1 amide bonds. The molecule has 2 aromatic carbocycles. The number of rotatable bonds is 5. The highest BCUT2D eigenvalue weighted by Gasteiger charge is 2.23. The van der Waals surface area contributed by atoms with Gasteiger partial charge in [0.25, 0.3) is 0 Å². The highest BCUT2D eigenvalue weighted by atomic mass is 16.3. The number of aliphatic hydroxyl groups excluding tert-OH is 1. The average Bonchev–Trinajstić information content (AvgIpc) is 2.64. The van der Waals surface area contributed by atoms with Crippen LogP contribution in [0.2, 0.25) is 0 Å². The number of amides is 1. The van der Waals surface area contributed by atoms with Crippen LogP contribution in [0.15, 0.2) is 54.6 Å². The molecule has 1 saturated carbocycles. The number of anilines is 1. The third kappa shape index (κ3) is 4.45. The molecule has 2 aromatic rings. The van der Waals surface area contributed by atoms with E-state index in [1.807, 2.05) is 24.3 Å². The first-order chi connectivity index (χ1) is 11.7. The molecule has 1 fully saturated rings. The third-order valence-corrected chi connectivity index (χ3v) is 5.01. The molecule has 0 spiro atoms. The number of benzene rings is 2. The van der Waals surface area contributed by atoms with Gasteiger partial charge in [-0.15, -0.1) is 0 Å². The van der Waals surface area contributed by atoms with Gasteiger partial charge in [0.05, 0.1) is 6.61 Å². The summed E-state index contributed by atoms with van der Waals surface area (Å²) in [6.45, 7) is 0.0267. The van der Waals surface area contributed by atoms with Gasteiger partial charge in [-0.2, -0.15) is 0 Å². The molecule has 3 rings (SSSR count). The van der Waals surface area contributed by atoms with Crippen LogP contribution in [0.3, 0.4) is 0 Å². The standard InChI is InChI=1S/C21H25NO2/c23-15-17-8-12-20(13-9-17)22-21(24)14-16-6-10-19(11-7-16)18-4-2-1-3-5-18/h1-5,8-9,12-13,16,19,23H,6-7,10-11,14-15H2,(H,22,24). The van der Waals surface area contributed by atoms with Crippen molar-refractivity contribution in [2.24, 2.45) is 5.92 Å². The summed E-state index contributed by atoms with van der Waals surface area (Å²) < 4.78 is 0. The van der Waals surface area contributed by atoms with Gasteiger partial charge in [-0.3, -0.25) is 4.79 Å². The van der Waals surface area contributed by atoms with Gasteiger partial charge in [-0.05, 0) is 60.8 Å². The van der Waals surface area contributed by atoms with Crippen molar-refractivity contribution in [1.82, 2.24) is 0 Å². The maximum Gasteiger partial charge on any atom is 0.224 e. The lowest BCUT2D eigenvalue weighted by Crippen LogP contribution is -2.20. The van der Waals surface area contributed by atoms with Crippen LogP contribution in [-0.4, -0.2) is 11.0 Å². The zero-order chi connectivity index (χ0) is 16.8. The molecule has 126 valence electrons. The van der Waals surface area contributed by atoms with E-state index in [0.29, 0.717) is 18.3 Å². The number of carbonyl (C=O) groups is 1. The second-order valence-electron chi connectivity index (χ2n) is 6.74. The van der Waals surface area contributed by atoms with Crippen LogP contribution in [0.1, 0.15) is 49.1 Å². The van der Waals surface area contributed by atoms with Crippen molar-refractivity contribution < 1.29 is 9.90 Å². The molecular weight excluding hydrogens is 298 g/mol. The van der Waals surface area contributed by atoms with Gasteiger partial charge in [0.15, 0.2) is 0 Å². The van der Waals surface area contributed by atoms with E-state index in [1.165, 1.54) is 18.4 Å². The largest absolute Gasteiger partial charge is 0.392 e. The second-order valence-corrected chi connectivity index (χ2v) is 6.74. The van der Waals surface area contributed by atoms with E-state index in [4.69, 9.17) is 5.11 Å². The van der Waals surface area contributed by atoms with Crippen molar-refractivity contribution in [2.45, 2.75) is 44.6 Å². The van der Waals surface area contributed by atoms with E-state index in [0.717, 1.165) is 24.1 Å². The van der Waals surface area contributed by atoms with Crippen molar-refractivity contribution in [2.75, 3.05) is 5.32 Å². The Morgan fingerprint density at radius 3 is 2.25 bits per heavy atom. The molecule has 0 aliphatic heterocycles. The predicted molar refractivity (Wildman–Crippen MR) is 96.8 cm³/mol. The lowest BCUT2D eigenvalue weighted by atomic mass is 9.77. The monoisotopic (exact) mass is 323 g/mol. The highest BCUT2D eigenvalue weighted by Crippen LogP contribution is 2.37. The predicted octanol–water partition coefficient (Wildman–Crippen LogP) is 4.48. The number of hydrogen-bond donors (Lipinski definition) is 2. The van der Waals surface area contributed by atoms with Gasteiger partial charge in [-0.1, -0.05) is 42.5 Å². The lowest BCUT2D eigenvalue weighted by molar-refractivity contribution is -0.117. The fourth-order valence-electron chi connectivity index (χ4n) is 3.59. The van der Waals surface area contributed by atoms with Crippen LogP contribution in [0, 0.1) is 5.92 Å². The number of hydrogen-bond acceptors (Lipinski definition) is 2. The Balaban J connectivity index is 1.46. The summed E-state index contributed by atoms with van der Waals surface area (Å²) in [4.78, 5) is 12.2. The van der Waals surface area contributed by atoms with Crippen LogP contribution >= 0.6 is 0 Å². The van der Waals surface area contributed by atoms with Crippen LogP contribution in [0.25, 0.3) is 0 Å². The van der Waals surface area contributed by atoms with Gasteiger partial charge in [-0.25, -0.2) is 0 Å². The summed E-state index contributed by atoms with van der Waals surface area (Å²) in [7, 11) is 0. The summed E-state index contributed by atoms with van der Waals surface area (Å²) in [5.74, 6) is 1.23. The summed E-state index contributed by atoms with van der Waals surface area (Å²) in [5.41, 5.74) is 3.09. The van der Waals surface area contributed by atoms with Gasteiger partial charge in [0.2, 0.25) is 5.91 Å². The molecule has 0 unspecified atom stereocenters. The zero-order valence-corrected chi connectivity index (χ0v) is 13.9. The average molecular weight is 323 g/mol. The highest BCUT2D eigenvalue weighted by molar-refractivity contribution is 5.90. The summed E-state index contributed by atoms with van der Waals surface area (Å²) in [6.07, 6.45) is 5.19. The first-order valence-corrected chi connectivity index (χ1v) is 8.79. The molecule has 3 nitrogen and oxygen atoms in total. The van der Waals surface area contributed by atoms with E-state index in [9.17, 15) is 4.79 Å². The molecule has 2 N–H and O–H groups in total. The Hall–Kier alpha value is -2.13. The van der Waals surface area contributed by atoms with E-state index < -0.39 is 0 Å². The molecule has 3 heteroatoms. The van der Waals surface area contributed by atoms with Gasteiger partial charge in [0, 0.05) is 12.1 Å².